The van der Waals surface area contributed by atoms with E-state index in [4.69, 9.17) is 11.6 Å². The van der Waals surface area contributed by atoms with Crippen LogP contribution in [0.25, 0.3) is 4.91 Å². The van der Waals surface area contributed by atoms with Crippen molar-refractivity contribution in [1.29, 1.82) is 0 Å². The van der Waals surface area contributed by atoms with Crippen LogP contribution in [-0.2, 0) is 20.6 Å². The van der Waals surface area contributed by atoms with Gasteiger partial charge >= 0.3 is 0 Å². The second kappa shape index (κ2) is 8.43. The molecule has 1 atom stereocenters. The van der Waals surface area contributed by atoms with Gasteiger partial charge in [0.15, 0.2) is 0 Å². The van der Waals surface area contributed by atoms with Crippen LogP contribution >= 0.6 is 11.6 Å². The third-order valence-corrected chi connectivity index (χ3v) is 7.50. The summed E-state index contributed by atoms with van der Waals surface area (Å²) in [6.07, 6.45) is 0. The van der Waals surface area contributed by atoms with Gasteiger partial charge in [0.2, 0.25) is 9.84 Å². The number of sulfone groups is 1. The van der Waals surface area contributed by atoms with Crippen molar-refractivity contribution in [1.82, 2.24) is 0 Å². The summed E-state index contributed by atoms with van der Waals surface area (Å²) >= 11 is 5.96. The maximum absolute atomic E-state index is 13.3. The largest absolute Gasteiger partial charge is 0.249 e. The average molecular weight is 431 g/mol. The summed E-state index contributed by atoms with van der Waals surface area (Å²) in [5, 5.41) is 1.61. The molecule has 0 N–H and O–H groups in total. The minimum Gasteiger partial charge on any atom is -0.249 e. The molecule has 144 valence electrons. The van der Waals surface area contributed by atoms with E-state index < -0.39 is 20.6 Å². The van der Waals surface area contributed by atoms with Gasteiger partial charge in [0, 0.05) is 9.92 Å². The predicted molar refractivity (Wildman–Crippen MR) is 115 cm³/mol. The van der Waals surface area contributed by atoms with E-state index in [9.17, 15) is 12.6 Å². The predicted octanol–water partition coefficient (Wildman–Crippen LogP) is 5.54. The minimum atomic E-state index is -3.78. The fourth-order valence-corrected chi connectivity index (χ4v) is 5.47. The molecule has 0 saturated carbocycles. The molecule has 0 heterocycles. The highest BCUT2D eigenvalue weighted by Gasteiger charge is 2.19. The highest BCUT2D eigenvalue weighted by Crippen LogP contribution is 2.28. The summed E-state index contributed by atoms with van der Waals surface area (Å²) < 4.78 is 39.1. The molecule has 0 radical (unpaired) electrons. The molecular formula is C22H19ClO3S2. The van der Waals surface area contributed by atoms with Gasteiger partial charge < -0.3 is 0 Å². The van der Waals surface area contributed by atoms with E-state index in [2.05, 4.69) is 0 Å². The molecule has 0 aliphatic carbocycles. The lowest BCUT2D eigenvalue weighted by Crippen LogP contribution is -2.03. The van der Waals surface area contributed by atoms with Crippen LogP contribution in [0.15, 0.2) is 88.0 Å². The van der Waals surface area contributed by atoms with Crippen LogP contribution in [0, 0.1) is 13.8 Å². The molecule has 1 unspecified atom stereocenters. The molecule has 3 aromatic carbocycles. The number of aryl methyl sites for hydroxylation is 2. The van der Waals surface area contributed by atoms with E-state index in [0.29, 0.717) is 15.5 Å². The highest BCUT2D eigenvalue weighted by molar-refractivity contribution is 7.99. The SMILES string of the molecule is Cc1ccc(S(=O)/C(=C/S(=O)(=O)c2ccc(C)cc2)c2ccc(Cl)cc2)cc1. The van der Waals surface area contributed by atoms with Crippen LogP contribution in [0.3, 0.4) is 0 Å². The van der Waals surface area contributed by atoms with Gasteiger partial charge in [-0.3, -0.25) is 0 Å². The van der Waals surface area contributed by atoms with Gasteiger partial charge in [-0.15, -0.1) is 0 Å². The van der Waals surface area contributed by atoms with Gasteiger partial charge in [-0.25, -0.2) is 12.6 Å². The van der Waals surface area contributed by atoms with Gasteiger partial charge in [-0.2, -0.15) is 0 Å². The molecule has 3 aromatic rings. The Balaban J connectivity index is 2.13. The second-order valence-electron chi connectivity index (χ2n) is 6.43. The lowest BCUT2D eigenvalue weighted by atomic mass is 10.2. The van der Waals surface area contributed by atoms with Crippen molar-refractivity contribution >= 4 is 37.1 Å². The number of rotatable bonds is 5. The van der Waals surface area contributed by atoms with Gasteiger partial charge in [-0.05, 0) is 55.8 Å². The first-order valence-corrected chi connectivity index (χ1v) is 11.6. The van der Waals surface area contributed by atoms with Crippen molar-refractivity contribution in [2.75, 3.05) is 0 Å². The van der Waals surface area contributed by atoms with Crippen LogP contribution < -0.4 is 0 Å². The zero-order valence-electron chi connectivity index (χ0n) is 15.4. The first-order valence-electron chi connectivity index (χ1n) is 8.54. The molecule has 0 aliphatic heterocycles. The van der Waals surface area contributed by atoms with Crippen molar-refractivity contribution in [2.24, 2.45) is 0 Å². The number of benzene rings is 3. The quantitative estimate of drug-likeness (QED) is 0.534. The maximum atomic E-state index is 13.3. The molecule has 0 fully saturated rings. The van der Waals surface area contributed by atoms with Crippen LogP contribution in [0.1, 0.15) is 16.7 Å². The first-order chi connectivity index (χ1) is 13.3. The molecule has 28 heavy (non-hydrogen) atoms. The third-order valence-electron chi connectivity index (χ3n) is 4.18. The summed E-state index contributed by atoms with van der Waals surface area (Å²) in [6.45, 7) is 3.82. The Morgan fingerprint density at radius 2 is 1.32 bits per heavy atom. The Hall–Kier alpha value is -2.21. The molecule has 3 nitrogen and oxygen atoms in total. The summed E-state index contributed by atoms with van der Waals surface area (Å²) in [6, 6.07) is 20.4. The van der Waals surface area contributed by atoms with E-state index in [1.807, 2.05) is 26.0 Å². The van der Waals surface area contributed by atoms with E-state index >= 15 is 0 Å². The summed E-state index contributed by atoms with van der Waals surface area (Å²) in [5.74, 6) is 0. The molecule has 3 rings (SSSR count). The molecular weight excluding hydrogens is 412 g/mol. The zero-order chi connectivity index (χ0) is 20.3. The van der Waals surface area contributed by atoms with Crippen LogP contribution in [-0.4, -0.2) is 12.6 Å². The van der Waals surface area contributed by atoms with Crippen molar-refractivity contribution in [3.05, 3.63) is 99.9 Å². The number of hydrogen-bond acceptors (Lipinski definition) is 3. The van der Waals surface area contributed by atoms with Crippen LogP contribution in [0.4, 0.5) is 0 Å². The Bertz CT molecular complexity index is 1130. The third kappa shape index (κ3) is 4.79. The van der Waals surface area contributed by atoms with Gasteiger partial charge in [0.05, 0.1) is 26.0 Å². The fourth-order valence-electron chi connectivity index (χ4n) is 2.56. The number of halogens is 1. The van der Waals surface area contributed by atoms with Crippen molar-refractivity contribution in [2.45, 2.75) is 23.6 Å². The van der Waals surface area contributed by atoms with Gasteiger partial charge in [-0.1, -0.05) is 59.1 Å². The van der Waals surface area contributed by atoms with Crippen LogP contribution in [0.5, 0.6) is 0 Å². The van der Waals surface area contributed by atoms with Gasteiger partial charge in [0.25, 0.3) is 0 Å². The monoisotopic (exact) mass is 430 g/mol. The van der Waals surface area contributed by atoms with E-state index in [-0.39, 0.29) is 9.80 Å². The second-order valence-corrected chi connectivity index (χ2v) is 10.1. The van der Waals surface area contributed by atoms with E-state index in [1.165, 1.54) is 0 Å². The normalized spacial score (nSPS) is 13.3. The lowest BCUT2D eigenvalue weighted by Gasteiger charge is -2.10. The van der Waals surface area contributed by atoms with Crippen LogP contribution in [0.2, 0.25) is 5.02 Å². The summed E-state index contributed by atoms with van der Waals surface area (Å²) in [7, 11) is -5.46. The molecule has 0 spiro atoms. The molecule has 0 amide bonds. The summed E-state index contributed by atoms with van der Waals surface area (Å²) in [4.78, 5) is 0.900. The number of hydrogen-bond donors (Lipinski definition) is 0. The first kappa shape index (κ1) is 20.5. The minimum absolute atomic E-state index is 0.158. The zero-order valence-corrected chi connectivity index (χ0v) is 17.8. The topological polar surface area (TPSA) is 51.2 Å². The Kier molecular flexibility index (Phi) is 6.18. The summed E-state index contributed by atoms with van der Waals surface area (Å²) in [5.41, 5.74) is 2.54. The van der Waals surface area contributed by atoms with Gasteiger partial charge in [0.1, 0.15) is 0 Å². The molecule has 0 bridgehead atoms. The standard InChI is InChI=1S/C22H19ClO3S2/c1-16-3-11-20(12-4-16)27(24)22(18-7-9-19(23)10-8-18)15-28(25,26)21-13-5-17(2)6-14-21/h3-15H,1-2H3/b22-15+. The Morgan fingerprint density at radius 1 is 0.821 bits per heavy atom. The molecule has 6 heteroatoms. The van der Waals surface area contributed by atoms with Crippen molar-refractivity contribution in [3.63, 3.8) is 0 Å². The molecule has 0 aliphatic rings. The van der Waals surface area contributed by atoms with E-state index in [0.717, 1.165) is 16.5 Å². The average Bonchev–Trinajstić information content (AvgIpc) is 2.67. The fraction of sp³-hybridized carbons (Fsp3) is 0.0909. The Morgan fingerprint density at radius 3 is 1.86 bits per heavy atom. The highest BCUT2D eigenvalue weighted by atomic mass is 35.5. The molecule has 0 aromatic heterocycles. The van der Waals surface area contributed by atoms with Crippen molar-refractivity contribution < 1.29 is 12.6 Å². The Labute approximate surface area is 173 Å². The smallest absolute Gasteiger partial charge is 0.201 e. The lowest BCUT2D eigenvalue weighted by molar-refractivity contribution is 0.604. The van der Waals surface area contributed by atoms with E-state index in [1.54, 1.807) is 60.7 Å². The maximum Gasteiger partial charge on any atom is 0.201 e. The van der Waals surface area contributed by atoms with Crippen molar-refractivity contribution in [3.8, 4) is 0 Å². The molecule has 0 saturated heterocycles.